The molecule has 6 nitrogen and oxygen atoms in total. The average Bonchev–Trinajstić information content (AvgIpc) is 3.07. The smallest absolute Gasteiger partial charge is 0.319 e. The van der Waals surface area contributed by atoms with Crippen LogP contribution in [0.5, 0.6) is 0 Å². The largest absolute Gasteiger partial charge is 0.336 e. The second-order valence-electron chi connectivity index (χ2n) is 5.44. The predicted molar refractivity (Wildman–Crippen MR) is 80.5 cm³/mol. The van der Waals surface area contributed by atoms with Crippen molar-refractivity contribution in [1.82, 2.24) is 15.5 Å². The van der Waals surface area contributed by atoms with Crippen LogP contribution in [0.4, 0.5) is 15.3 Å². The number of aryl methyl sites for hydroxylation is 2. The van der Waals surface area contributed by atoms with Crippen molar-refractivity contribution in [1.29, 1.82) is 0 Å². The van der Waals surface area contributed by atoms with Gasteiger partial charge in [0.15, 0.2) is 0 Å². The summed E-state index contributed by atoms with van der Waals surface area (Å²) in [5.74, 6) is 0. The van der Waals surface area contributed by atoms with Gasteiger partial charge in [-0.05, 0) is 42.5 Å². The molecule has 1 saturated heterocycles. The molecule has 1 aliphatic heterocycles. The zero-order valence-corrected chi connectivity index (χ0v) is 11.9. The third kappa shape index (κ3) is 3.26. The lowest BCUT2D eigenvalue weighted by Gasteiger charge is -2.14. The maximum Gasteiger partial charge on any atom is 0.319 e. The lowest BCUT2D eigenvalue weighted by molar-refractivity contribution is 0.216. The van der Waals surface area contributed by atoms with Crippen LogP contribution in [-0.4, -0.2) is 43.1 Å². The van der Waals surface area contributed by atoms with E-state index in [4.69, 9.17) is 0 Å². The molecule has 0 atom stereocenters. The fourth-order valence-corrected chi connectivity index (χ4v) is 2.85. The Labute approximate surface area is 123 Å². The number of carbonyl (C=O) groups is 2. The number of fused-ring (bicyclic) bond motifs is 1. The first-order chi connectivity index (χ1) is 10.2. The molecule has 1 heterocycles. The quantitative estimate of drug-likeness (QED) is 0.782. The van der Waals surface area contributed by atoms with Crippen LogP contribution in [0.1, 0.15) is 17.5 Å². The first-order valence-electron chi connectivity index (χ1n) is 7.42. The van der Waals surface area contributed by atoms with Crippen molar-refractivity contribution in [2.24, 2.45) is 0 Å². The number of benzene rings is 1. The maximum atomic E-state index is 11.8. The SMILES string of the molecule is O=C(NCCN1CCNC1=O)Nc1ccc2c(c1)CCC2. The Hall–Kier alpha value is -2.24. The number of carbonyl (C=O) groups excluding carboxylic acids is 2. The highest BCUT2D eigenvalue weighted by atomic mass is 16.2. The Morgan fingerprint density at radius 3 is 2.95 bits per heavy atom. The van der Waals surface area contributed by atoms with E-state index < -0.39 is 0 Å². The summed E-state index contributed by atoms with van der Waals surface area (Å²) in [4.78, 5) is 24.9. The molecule has 21 heavy (non-hydrogen) atoms. The molecule has 0 spiro atoms. The van der Waals surface area contributed by atoms with Crippen LogP contribution in [0.2, 0.25) is 0 Å². The third-order valence-corrected chi connectivity index (χ3v) is 3.97. The molecule has 0 saturated carbocycles. The van der Waals surface area contributed by atoms with Crippen molar-refractivity contribution in [3.8, 4) is 0 Å². The zero-order chi connectivity index (χ0) is 14.7. The van der Waals surface area contributed by atoms with Gasteiger partial charge >= 0.3 is 12.1 Å². The maximum absolute atomic E-state index is 11.8. The van der Waals surface area contributed by atoms with E-state index in [0.717, 1.165) is 18.5 Å². The van der Waals surface area contributed by atoms with Crippen LogP contribution in [0.3, 0.4) is 0 Å². The molecule has 0 radical (unpaired) electrons. The van der Waals surface area contributed by atoms with E-state index in [1.807, 2.05) is 6.07 Å². The Morgan fingerprint density at radius 2 is 2.14 bits per heavy atom. The molecule has 2 aliphatic rings. The zero-order valence-electron chi connectivity index (χ0n) is 11.9. The number of nitrogens with one attached hydrogen (secondary N) is 3. The summed E-state index contributed by atoms with van der Waals surface area (Å²) in [5, 5.41) is 8.34. The molecule has 1 aromatic rings. The highest BCUT2D eigenvalue weighted by Gasteiger charge is 2.18. The molecule has 0 aromatic heterocycles. The molecule has 0 bridgehead atoms. The molecule has 1 aliphatic carbocycles. The van der Waals surface area contributed by atoms with Gasteiger partial charge in [0.25, 0.3) is 0 Å². The van der Waals surface area contributed by atoms with Gasteiger partial charge < -0.3 is 20.9 Å². The van der Waals surface area contributed by atoms with Crippen LogP contribution >= 0.6 is 0 Å². The van der Waals surface area contributed by atoms with E-state index in [9.17, 15) is 9.59 Å². The normalized spacial score (nSPS) is 16.6. The number of urea groups is 2. The lowest BCUT2D eigenvalue weighted by Crippen LogP contribution is -2.38. The van der Waals surface area contributed by atoms with Crippen LogP contribution in [0.25, 0.3) is 0 Å². The second-order valence-corrected chi connectivity index (χ2v) is 5.44. The van der Waals surface area contributed by atoms with Gasteiger partial charge in [-0.2, -0.15) is 0 Å². The van der Waals surface area contributed by atoms with Crippen LogP contribution in [0.15, 0.2) is 18.2 Å². The first-order valence-corrected chi connectivity index (χ1v) is 7.42. The number of anilines is 1. The van der Waals surface area contributed by atoms with Crippen molar-refractivity contribution in [3.05, 3.63) is 29.3 Å². The molecule has 112 valence electrons. The summed E-state index contributed by atoms with van der Waals surface area (Å²) in [6.07, 6.45) is 3.43. The third-order valence-electron chi connectivity index (χ3n) is 3.97. The van der Waals surface area contributed by atoms with E-state index in [0.29, 0.717) is 26.2 Å². The van der Waals surface area contributed by atoms with E-state index in [-0.39, 0.29) is 12.1 Å². The summed E-state index contributed by atoms with van der Waals surface area (Å²) >= 11 is 0. The lowest BCUT2D eigenvalue weighted by atomic mass is 10.1. The summed E-state index contributed by atoms with van der Waals surface area (Å²) in [6.45, 7) is 2.36. The summed E-state index contributed by atoms with van der Waals surface area (Å²) < 4.78 is 0. The molecule has 3 N–H and O–H groups in total. The fraction of sp³-hybridized carbons (Fsp3) is 0.467. The Bertz CT molecular complexity index is 559. The van der Waals surface area contributed by atoms with Gasteiger partial charge in [-0.15, -0.1) is 0 Å². The Balaban J connectivity index is 1.44. The minimum Gasteiger partial charge on any atom is -0.336 e. The minimum absolute atomic E-state index is 0.0594. The first kappa shape index (κ1) is 13.7. The molecule has 4 amide bonds. The van der Waals surface area contributed by atoms with Gasteiger partial charge in [-0.1, -0.05) is 6.07 Å². The minimum atomic E-state index is -0.229. The topological polar surface area (TPSA) is 73.5 Å². The number of amides is 4. The van der Waals surface area contributed by atoms with E-state index >= 15 is 0 Å². The molecular formula is C15H20N4O2. The van der Waals surface area contributed by atoms with Gasteiger partial charge in [0.1, 0.15) is 0 Å². The highest BCUT2D eigenvalue weighted by molar-refractivity contribution is 5.89. The van der Waals surface area contributed by atoms with Gasteiger partial charge in [-0.3, -0.25) is 0 Å². The molecular weight excluding hydrogens is 268 g/mol. The number of rotatable bonds is 4. The summed E-state index contributed by atoms with van der Waals surface area (Å²) in [7, 11) is 0. The van der Waals surface area contributed by atoms with Crippen LogP contribution in [-0.2, 0) is 12.8 Å². The average molecular weight is 288 g/mol. The van der Waals surface area contributed by atoms with Crippen molar-refractivity contribution < 1.29 is 9.59 Å². The molecule has 6 heteroatoms. The van der Waals surface area contributed by atoms with Gasteiger partial charge in [0, 0.05) is 31.9 Å². The Kier molecular flexibility index (Phi) is 3.94. The number of hydrogen-bond acceptors (Lipinski definition) is 2. The van der Waals surface area contributed by atoms with Crippen LogP contribution in [0, 0.1) is 0 Å². The second kappa shape index (κ2) is 6.03. The molecule has 1 fully saturated rings. The molecule has 1 aromatic carbocycles. The molecule has 3 rings (SSSR count). The summed E-state index contributed by atoms with van der Waals surface area (Å²) in [6, 6.07) is 5.79. The van der Waals surface area contributed by atoms with E-state index in [1.165, 1.54) is 17.5 Å². The highest BCUT2D eigenvalue weighted by Crippen LogP contribution is 2.24. The fourth-order valence-electron chi connectivity index (χ4n) is 2.85. The number of nitrogens with zero attached hydrogens (tertiary/aromatic N) is 1. The predicted octanol–water partition coefficient (Wildman–Crippen LogP) is 1.32. The van der Waals surface area contributed by atoms with Crippen molar-refractivity contribution in [3.63, 3.8) is 0 Å². The van der Waals surface area contributed by atoms with Gasteiger partial charge in [-0.25, -0.2) is 9.59 Å². The van der Waals surface area contributed by atoms with E-state index in [1.54, 1.807) is 4.90 Å². The summed E-state index contributed by atoms with van der Waals surface area (Å²) in [5.41, 5.74) is 3.55. The van der Waals surface area contributed by atoms with Gasteiger partial charge in [0.05, 0.1) is 0 Å². The Morgan fingerprint density at radius 1 is 1.29 bits per heavy atom. The standard InChI is InChI=1S/C15H20N4O2/c20-14(16-6-8-19-9-7-17-15(19)21)18-13-5-4-11-2-1-3-12(11)10-13/h4-5,10H,1-3,6-9H2,(H,17,21)(H2,16,18,20). The molecule has 0 unspecified atom stereocenters. The monoisotopic (exact) mass is 288 g/mol. The van der Waals surface area contributed by atoms with E-state index in [2.05, 4.69) is 28.1 Å². The van der Waals surface area contributed by atoms with Crippen LogP contribution < -0.4 is 16.0 Å². The van der Waals surface area contributed by atoms with Crippen molar-refractivity contribution >= 4 is 17.7 Å². The number of hydrogen-bond donors (Lipinski definition) is 3. The van der Waals surface area contributed by atoms with Crippen molar-refractivity contribution in [2.75, 3.05) is 31.5 Å². The van der Waals surface area contributed by atoms with Gasteiger partial charge in [0.2, 0.25) is 0 Å². The van der Waals surface area contributed by atoms with Crippen molar-refractivity contribution in [2.45, 2.75) is 19.3 Å².